The molecule has 0 aliphatic heterocycles. The number of nitrogens with zero attached hydrogens (tertiary/aromatic N) is 2. The molecule has 2 heterocycles. The first-order valence-electron chi connectivity index (χ1n) is 7.49. The highest BCUT2D eigenvalue weighted by molar-refractivity contribution is 5.92. The van der Waals surface area contributed by atoms with Gasteiger partial charge in [0.15, 0.2) is 11.6 Å². The van der Waals surface area contributed by atoms with Crippen molar-refractivity contribution in [3.05, 3.63) is 59.8 Å². The Bertz CT molecular complexity index is 873. The maximum atomic E-state index is 11.9. The van der Waals surface area contributed by atoms with Crippen molar-refractivity contribution < 1.29 is 13.9 Å². The standard InChI is InChI=1S/C17H17N5O3/c1-10-6-11(2)8-12(7-10)25-17-14(18)15(19-9-20-17)21-22-16(23)13-4-3-5-24-13/h3-9H,18H2,1-2H3,(H,22,23)(H,19,20,21). The van der Waals surface area contributed by atoms with Crippen molar-refractivity contribution in [2.75, 3.05) is 11.2 Å². The Morgan fingerprint density at radius 1 is 1.20 bits per heavy atom. The lowest BCUT2D eigenvalue weighted by atomic mass is 10.1. The Kier molecular flexibility index (Phi) is 4.51. The van der Waals surface area contributed by atoms with Gasteiger partial charge in [-0.1, -0.05) is 6.07 Å². The SMILES string of the molecule is Cc1cc(C)cc(Oc2ncnc(NNC(=O)c3ccco3)c2N)c1. The van der Waals surface area contributed by atoms with Crippen molar-refractivity contribution in [2.24, 2.45) is 0 Å². The van der Waals surface area contributed by atoms with Crippen LogP contribution in [-0.4, -0.2) is 15.9 Å². The van der Waals surface area contributed by atoms with Crippen molar-refractivity contribution in [3.8, 4) is 11.6 Å². The van der Waals surface area contributed by atoms with E-state index in [1.165, 1.54) is 18.7 Å². The highest BCUT2D eigenvalue weighted by atomic mass is 16.5. The Hall–Kier alpha value is -3.55. The molecule has 8 nitrogen and oxygen atoms in total. The third-order valence-corrected chi connectivity index (χ3v) is 3.30. The Balaban J connectivity index is 1.74. The Morgan fingerprint density at radius 2 is 1.96 bits per heavy atom. The van der Waals surface area contributed by atoms with Gasteiger partial charge in [0.05, 0.1) is 6.26 Å². The van der Waals surface area contributed by atoms with E-state index in [1.807, 2.05) is 32.0 Å². The zero-order chi connectivity index (χ0) is 17.8. The molecule has 2 aromatic heterocycles. The number of anilines is 2. The van der Waals surface area contributed by atoms with Crippen LogP contribution in [0.4, 0.5) is 11.5 Å². The molecule has 25 heavy (non-hydrogen) atoms. The van der Waals surface area contributed by atoms with Crippen LogP contribution in [0.5, 0.6) is 11.6 Å². The van der Waals surface area contributed by atoms with Gasteiger partial charge in [0.25, 0.3) is 0 Å². The molecule has 0 saturated heterocycles. The molecular weight excluding hydrogens is 322 g/mol. The molecule has 128 valence electrons. The molecular formula is C17H17N5O3. The van der Waals surface area contributed by atoms with E-state index in [9.17, 15) is 4.79 Å². The number of ether oxygens (including phenoxy) is 1. The summed E-state index contributed by atoms with van der Waals surface area (Å²) < 4.78 is 10.7. The summed E-state index contributed by atoms with van der Waals surface area (Å²) in [5.41, 5.74) is 13.4. The monoisotopic (exact) mass is 339 g/mol. The number of nitrogens with two attached hydrogens (primary N) is 1. The lowest BCUT2D eigenvalue weighted by Crippen LogP contribution is -2.30. The number of carbonyl (C=O) groups excluding carboxylic acids is 1. The number of hydrazine groups is 1. The fourth-order valence-corrected chi connectivity index (χ4v) is 2.25. The summed E-state index contributed by atoms with van der Waals surface area (Å²) in [6.45, 7) is 3.95. The van der Waals surface area contributed by atoms with E-state index < -0.39 is 5.91 Å². The molecule has 0 radical (unpaired) electrons. The fraction of sp³-hybridized carbons (Fsp3) is 0.118. The first-order chi connectivity index (χ1) is 12.0. The molecule has 0 atom stereocenters. The highest BCUT2D eigenvalue weighted by Gasteiger charge is 2.13. The minimum atomic E-state index is -0.459. The van der Waals surface area contributed by atoms with Crippen LogP contribution in [0.3, 0.4) is 0 Å². The van der Waals surface area contributed by atoms with Gasteiger partial charge in [-0.25, -0.2) is 4.98 Å². The van der Waals surface area contributed by atoms with Gasteiger partial charge < -0.3 is 14.9 Å². The van der Waals surface area contributed by atoms with E-state index in [2.05, 4.69) is 20.8 Å². The van der Waals surface area contributed by atoms with Crippen LogP contribution < -0.4 is 21.3 Å². The summed E-state index contributed by atoms with van der Waals surface area (Å²) in [6.07, 6.45) is 2.69. The number of nitrogen functional groups attached to an aromatic ring is 1. The smallest absolute Gasteiger partial charge is 0.305 e. The van der Waals surface area contributed by atoms with E-state index in [-0.39, 0.29) is 23.1 Å². The largest absolute Gasteiger partial charge is 0.459 e. The van der Waals surface area contributed by atoms with Gasteiger partial charge in [0.1, 0.15) is 17.8 Å². The average Bonchev–Trinajstić information content (AvgIpc) is 3.09. The summed E-state index contributed by atoms with van der Waals surface area (Å²) in [7, 11) is 0. The van der Waals surface area contributed by atoms with Crippen LogP contribution in [0.25, 0.3) is 0 Å². The van der Waals surface area contributed by atoms with Crippen molar-refractivity contribution in [3.63, 3.8) is 0 Å². The molecule has 0 fully saturated rings. The number of aromatic nitrogens is 2. The van der Waals surface area contributed by atoms with Crippen LogP contribution in [0, 0.1) is 13.8 Å². The summed E-state index contributed by atoms with van der Waals surface area (Å²) in [5, 5.41) is 0. The second-order valence-electron chi connectivity index (χ2n) is 5.42. The van der Waals surface area contributed by atoms with Crippen LogP contribution in [-0.2, 0) is 0 Å². The molecule has 0 unspecified atom stereocenters. The topological polar surface area (TPSA) is 115 Å². The summed E-state index contributed by atoms with van der Waals surface area (Å²) in [6, 6.07) is 8.94. The van der Waals surface area contributed by atoms with Crippen molar-refractivity contribution >= 4 is 17.4 Å². The first kappa shape index (κ1) is 16.3. The molecule has 3 rings (SSSR count). The molecule has 1 amide bonds. The van der Waals surface area contributed by atoms with E-state index in [4.69, 9.17) is 14.9 Å². The Labute approximate surface area is 144 Å². The third-order valence-electron chi connectivity index (χ3n) is 3.30. The quantitative estimate of drug-likeness (QED) is 0.612. The second kappa shape index (κ2) is 6.91. The van der Waals surface area contributed by atoms with Gasteiger partial charge in [-0.15, -0.1) is 0 Å². The number of aryl methyl sites for hydroxylation is 2. The maximum Gasteiger partial charge on any atom is 0.305 e. The Morgan fingerprint density at radius 3 is 2.64 bits per heavy atom. The van der Waals surface area contributed by atoms with Crippen molar-refractivity contribution in [1.82, 2.24) is 15.4 Å². The lowest BCUT2D eigenvalue weighted by molar-refractivity contribution is 0.0935. The predicted molar refractivity (Wildman–Crippen MR) is 92.2 cm³/mol. The van der Waals surface area contributed by atoms with Gasteiger partial charge in [-0.05, 0) is 49.2 Å². The zero-order valence-electron chi connectivity index (χ0n) is 13.7. The number of benzene rings is 1. The molecule has 1 aromatic carbocycles. The second-order valence-corrected chi connectivity index (χ2v) is 5.42. The van der Waals surface area contributed by atoms with Crippen LogP contribution in [0.15, 0.2) is 47.3 Å². The van der Waals surface area contributed by atoms with Crippen molar-refractivity contribution in [2.45, 2.75) is 13.8 Å². The number of amides is 1. The minimum absolute atomic E-state index is 0.159. The average molecular weight is 339 g/mol. The van der Waals surface area contributed by atoms with Gasteiger partial charge in [0.2, 0.25) is 5.88 Å². The number of nitrogens with one attached hydrogen (secondary N) is 2. The molecule has 0 aliphatic carbocycles. The number of hydrogen-bond acceptors (Lipinski definition) is 7. The lowest BCUT2D eigenvalue weighted by Gasteiger charge is -2.12. The number of carbonyl (C=O) groups is 1. The van der Waals surface area contributed by atoms with E-state index in [0.717, 1.165) is 11.1 Å². The molecule has 0 aliphatic rings. The first-order valence-corrected chi connectivity index (χ1v) is 7.49. The molecule has 3 aromatic rings. The summed E-state index contributed by atoms with van der Waals surface area (Å²) in [5.74, 6) is 0.726. The van der Waals surface area contributed by atoms with E-state index >= 15 is 0 Å². The molecule has 8 heteroatoms. The molecule has 0 spiro atoms. The molecule has 4 N–H and O–H groups in total. The van der Waals surface area contributed by atoms with Crippen LogP contribution in [0.1, 0.15) is 21.7 Å². The molecule has 0 bridgehead atoms. The minimum Gasteiger partial charge on any atom is -0.459 e. The summed E-state index contributed by atoms with van der Waals surface area (Å²) >= 11 is 0. The van der Waals surface area contributed by atoms with Crippen LogP contribution >= 0.6 is 0 Å². The third kappa shape index (κ3) is 3.86. The number of furan rings is 1. The zero-order valence-corrected chi connectivity index (χ0v) is 13.7. The van der Waals surface area contributed by atoms with E-state index in [0.29, 0.717) is 5.75 Å². The van der Waals surface area contributed by atoms with Gasteiger partial charge >= 0.3 is 5.91 Å². The normalized spacial score (nSPS) is 10.3. The maximum absolute atomic E-state index is 11.9. The number of hydrogen-bond donors (Lipinski definition) is 3. The van der Waals surface area contributed by atoms with Gasteiger partial charge in [-0.3, -0.25) is 15.6 Å². The summed E-state index contributed by atoms with van der Waals surface area (Å²) in [4.78, 5) is 19.9. The number of rotatable bonds is 5. The predicted octanol–water partition coefficient (Wildman–Crippen LogP) is 2.82. The van der Waals surface area contributed by atoms with E-state index in [1.54, 1.807) is 6.07 Å². The fourth-order valence-electron chi connectivity index (χ4n) is 2.25. The molecule has 0 saturated carbocycles. The van der Waals surface area contributed by atoms with Crippen molar-refractivity contribution in [1.29, 1.82) is 0 Å². The van der Waals surface area contributed by atoms with Crippen LogP contribution in [0.2, 0.25) is 0 Å². The van der Waals surface area contributed by atoms with Gasteiger partial charge in [0, 0.05) is 0 Å². The highest BCUT2D eigenvalue weighted by Crippen LogP contribution is 2.29. The van der Waals surface area contributed by atoms with Gasteiger partial charge in [-0.2, -0.15) is 4.98 Å².